The third kappa shape index (κ3) is 2.61. The standard InChI is InChI=1S/C14H17NOS/c1-9-7-14(16)10(2)6-13(9)15-11(3)12-4-5-17-8-12/h4-8,11,15-16H,1-3H3. The Bertz CT molecular complexity index is 505. The molecule has 2 rings (SSSR count). The first-order chi connectivity index (χ1) is 8.08. The smallest absolute Gasteiger partial charge is 0.118 e. The molecule has 1 aromatic carbocycles. The lowest BCUT2D eigenvalue weighted by molar-refractivity contribution is 0.471. The third-order valence-corrected chi connectivity index (χ3v) is 3.66. The molecule has 0 fully saturated rings. The largest absolute Gasteiger partial charge is 0.508 e. The summed E-state index contributed by atoms with van der Waals surface area (Å²) in [6, 6.07) is 6.21. The summed E-state index contributed by atoms with van der Waals surface area (Å²) in [5, 5.41) is 17.3. The first kappa shape index (κ1) is 12.0. The van der Waals surface area contributed by atoms with Crippen LogP contribution in [0.15, 0.2) is 29.0 Å². The Morgan fingerprint density at radius 3 is 2.65 bits per heavy atom. The molecule has 0 aliphatic rings. The van der Waals surface area contributed by atoms with Crippen LogP contribution in [0, 0.1) is 13.8 Å². The van der Waals surface area contributed by atoms with Crippen LogP contribution in [0.5, 0.6) is 5.75 Å². The Hall–Kier alpha value is -1.48. The highest BCUT2D eigenvalue weighted by Gasteiger charge is 2.08. The molecule has 2 nitrogen and oxygen atoms in total. The van der Waals surface area contributed by atoms with Crippen molar-refractivity contribution in [1.82, 2.24) is 0 Å². The molecule has 0 spiro atoms. The number of anilines is 1. The van der Waals surface area contributed by atoms with Crippen molar-refractivity contribution in [3.05, 3.63) is 45.6 Å². The topological polar surface area (TPSA) is 32.3 Å². The molecule has 0 saturated carbocycles. The van der Waals surface area contributed by atoms with E-state index in [1.165, 1.54) is 5.56 Å². The molecular formula is C14H17NOS. The highest BCUT2D eigenvalue weighted by atomic mass is 32.1. The van der Waals surface area contributed by atoms with E-state index < -0.39 is 0 Å². The molecule has 0 saturated heterocycles. The van der Waals surface area contributed by atoms with Gasteiger partial charge in [0, 0.05) is 11.7 Å². The maximum Gasteiger partial charge on any atom is 0.118 e. The molecule has 0 bridgehead atoms. The summed E-state index contributed by atoms with van der Waals surface area (Å²) in [7, 11) is 0. The van der Waals surface area contributed by atoms with Gasteiger partial charge in [0.2, 0.25) is 0 Å². The quantitative estimate of drug-likeness (QED) is 0.795. The fourth-order valence-corrected chi connectivity index (χ4v) is 2.55. The van der Waals surface area contributed by atoms with E-state index in [0.29, 0.717) is 5.75 Å². The zero-order chi connectivity index (χ0) is 12.4. The van der Waals surface area contributed by atoms with Crippen molar-refractivity contribution in [3.8, 4) is 5.75 Å². The van der Waals surface area contributed by atoms with Crippen LogP contribution in [0.1, 0.15) is 29.7 Å². The summed E-state index contributed by atoms with van der Waals surface area (Å²) < 4.78 is 0. The number of benzene rings is 1. The van der Waals surface area contributed by atoms with Crippen molar-refractivity contribution in [2.24, 2.45) is 0 Å². The molecule has 17 heavy (non-hydrogen) atoms. The second kappa shape index (κ2) is 4.80. The molecule has 1 heterocycles. The fourth-order valence-electron chi connectivity index (χ4n) is 1.79. The van der Waals surface area contributed by atoms with Gasteiger partial charge in [-0.2, -0.15) is 11.3 Å². The predicted octanol–water partition coefficient (Wildman–Crippen LogP) is 4.24. The highest BCUT2D eigenvalue weighted by molar-refractivity contribution is 7.07. The van der Waals surface area contributed by atoms with Crippen molar-refractivity contribution in [1.29, 1.82) is 0 Å². The normalized spacial score (nSPS) is 12.4. The van der Waals surface area contributed by atoms with Crippen LogP contribution in [-0.2, 0) is 0 Å². The number of thiophene rings is 1. The first-order valence-corrected chi connectivity index (χ1v) is 6.61. The van der Waals surface area contributed by atoms with E-state index in [0.717, 1.165) is 16.8 Å². The molecule has 90 valence electrons. The van der Waals surface area contributed by atoms with Gasteiger partial charge in [-0.25, -0.2) is 0 Å². The Morgan fingerprint density at radius 1 is 1.24 bits per heavy atom. The molecule has 1 atom stereocenters. The van der Waals surface area contributed by atoms with Gasteiger partial charge in [0.25, 0.3) is 0 Å². The maximum atomic E-state index is 9.62. The second-order valence-electron chi connectivity index (χ2n) is 4.38. The minimum Gasteiger partial charge on any atom is -0.508 e. The minimum atomic E-state index is 0.281. The van der Waals surface area contributed by atoms with Crippen LogP contribution in [0.2, 0.25) is 0 Å². The Morgan fingerprint density at radius 2 is 2.00 bits per heavy atom. The Kier molecular flexibility index (Phi) is 3.38. The van der Waals surface area contributed by atoms with E-state index in [9.17, 15) is 5.11 Å². The van der Waals surface area contributed by atoms with Crippen LogP contribution in [0.3, 0.4) is 0 Å². The Balaban J connectivity index is 2.22. The van der Waals surface area contributed by atoms with Gasteiger partial charge >= 0.3 is 0 Å². The SMILES string of the molecule is Cc1cc(NC(C)c2ccsc2)c(C)cc1O. The first-order valence-electron chi connectivity index (χ1n) is 5.67. The second-order valence-corrected chi connectivity index (χ2v) is 5.16. The van der Waals surface area contributed by atoms with Gasteiger partial charge in [-0.05, 0) is 66.4 Å². The molecule has 2 N–H and O–H groups in total. The number of aryl methyl sites for hydroxylation is 2. The maximum absolute atomic E-state index is 9.62. The van der Waals surface area contributed by atoms with Crippen LogP contribution in [0.4, 0.5) is 5.69 Å². The summed E-state index contributed by atoms with van der Waals surface area (Å²) in [6.45, 7) is 6.06. The number of rotatable bonds is 3. The predicted molar refractivity (Wildman–Crippen MR) is 73.9 cm³/mol. The number of phenolic OH excluding ortho intramolecular Hbond substituents is 1. The van der Waals surface area contributed by atoms with Crippen molar-refractivity contribution in [2.75, 3.05) is 5.32 Å². The number of aromatic hydroxyl groups is 1. The molecule has 1 aromatic heterocycles. The number of nitrogens with one attached hydrogen (secondary N) is 1. The summed E-state index contributed by atoms with van der Waals surface area (Å²) in [5.41, 5.74) is 4.34. The van der Waals surface area contributed by atoms with Crippen LogP contribution < -0.4 is 5.32 Å². The monoisotopic (exact) mass is 247 g/mol. The van der Waals surface area contributed by atoms with E-state index in [1.807, 2.05) is 19.9 Å². The summed E-state index contributed by atoms with van der Waals surface area (Å²) in [5.74, 6) is 0.358. The summed E-state index contributed by atoms with van der Waals surface area (Å²) in [4.78, 5) is 0. The van der Waals surface area contributed by atoms with Gasteiger partial charge in [-0.3, -0.25) is 0 Å². The number of hydrogen-bond donors (Lipinski definition) is 2. The lowest BCUT2D eigenvalue weighted by atomic mass is 10.1. The molecule has 2 aromatic rings. The van der Waals surface area contributed by atoms with Crippen molar-refractivity contribution < 1.29 is 5.11 Å². The van der Waals surface area contributed by atoms with Gasteiger partial charge in [0.1, 0.15) is 5.75 Å². The zero-order valence-electron chi connectivity index (χ0n) is 10.3. The molecule has 0 aliphatic heterocycles. The lowest BCUT2D eigenvalue weighted by Gasteiger charge is -2.17. The third-order valence-electron chi connectivity index (χ3n) is 2.96. The van der Waals surface area contributed by atoms with Crippen LogP contribution in [-0.4, -0.2) is 5.11 Å². The van der Waals surface area contributed by atoms with E-state index in [-0.39, 0.29) is 6.04 Å². The van der Waals surface area contributed by atoms with E-state index in [4.69, 9.17) is 0 Å². The molecule has 0 amide bonds. The lowest BCUT2D eigenvalue weighted by Crippen LogP contribution is -2.06. The van der Waals surface area contributed by atoms with Gasteiger partial charge in [0.05, 0.1) is 0 Å². The summed E-state index contributed by atoms with van der Waals surface area (Å²) in [6.07, 6.45) is 0. The van der Waals surface area contributed by atoms with Crippen molar-refractivity contribution in [3.63, 3.8) is 0 Å². The van der Waals surface area contributed by atoms with E-state index >= 15 is 0 Å². The molecule has 1 unspecified atom stereocenters. The highest BCUT2D eigenvalue weighted by Crippen LogP contribution is 2.28. The average molecular weight is 247 g/mol. The molecule has 0 aliphatic carbocycles. The van der Waals surface area contributed by atoms with Gasteiger partial charge in [0.15, 0.2) is 0 Å². The van der Waals surface area contributed by atoms with Gasteiger partial charge in [-0.1, -0.05) is 0 Å². The molecule has 3 heteroatoms. The van der Waals surface area contributed by atoms with Crippen LogP contribution in [0.25, 0.3) is 0 Å². The van der Waals surface area contributed by atoms with Crippen LogP contribution >= 0.6 is 11.3 Å². The van der Waals surface area contributed by atoms with Gasteiger partial charge < -0.3 is 10.4 Å². The van der Waals surface area contributed by atoms with Crippen molar-refractivity contribution in [2.45, 2.75) is 26.8 Å². The molecule has 0 radical (unpaired) electrons. The van der Waals surface area contributed by atoms with E-state index in [1.54, 1.807) is 17.4 Å². The Labute approximate surface area is 106 Å². The average Bonchev–Trinajstić information content (AvgIpc) is 2.79. The fraction of sp³-hybridized carbons (Fsp3) is 0.286. The number of phenols is 1. The van der Waals surface area contributed by atoms with Crippen molar-refractivity contribution >= 4 is 17.0 Å². The molecular weight excluding hydrogens is 230 g/mol. The zero-order valence-corrected chi connectivity index (χ0v) is 11.1. The van der Waals surface area contributed by atoms with Gasteiger partial charge in [-0.15, -0.1) is 0 Å². The summed E-state index contributed by atoms with van der Waals surface area (Å²) >= 11 is 1.71. The van der Waals surface area contributed by atoms with E-state index in [2.05, 4.69) is 29.1 Å². The number of hydrogen-bond acceptors (Lipinski definition) is 3. The minimum absolute atomic E-state index is 0.281.